The van der Waals surface area contributed by atoms with Gasteiger partial charge in [0, 0.05) is 18.4 Å². The Bertz CT molecular complexity index is 228. The van der Waals surface area contributed by atoms with E-state index in [1.165, 1.54) is 44.9 Å². The van der Waals surface area contributed by atoms with Crippen molar-refractivity contribution in [3.05, 3.63) is 6.42 Å². The van der Waals surface area contributed by atoms with E-state index in [0.717, 1.165) is 5.92 Å². The standard InChI is InChI=1S/C12H25.C3H4O4.Li.2Na/c1-4-5-6-7-8-9-10-11-12(2)3;4-2(5)1-3(6)7;;;/h10,12H,4-9,11H2,1-3H3;1H2,(H,4,5)(H,6,7);;;/q-1;;3*+1/p-2. The smallest absolute Gasteiger partial charge is 0.550 e. The Hall–Kier alpha value is 1.54. The number of carbonyl (C=O) groups is 2. The fourth-order valence-electron chi connectivity index (χ4n) is 1.46. The van der Waals surface area contributed by atoms with Crippen LogP contribution in [0.5, 0.6) is 0 Å². The van der Waals surface area contributed by atoms with Crippen molar-refractivity contribution >= 4 is 11.9 Å². The van der Waals surface area contributed by atoms with E-state index in [-0.39, 0.29) is 78.0 Å². The van der Waals surface area contributed by atoms with E-state index in [4.69, 9.17) is 0 Å². The second-order valence-corrected chi connectivity index (χ2v) is 5.04. The molecule has 0 spiro atoms. The van der Waals surface area contributed by atoms with Gasteiger partial charge in [0.05, 0.1) is 0 Å². The van der Waals surface area contributed by atoms with Gasteiger partial charge in [-0.1, -0.05) is 58.8 Å². The molecule has 0 aliphatic heterocycles. The summed E-state index contributed by atoms with van der Waals surface area (Å²) in [6.45, 7) is 6.84. The number of unbranched alkanes of at least 4 members (excludes halogenated alkanes) is 6. The average molecular weight is 324 g/mol. The monoisotopic (exact) mass is 324 g/mol. The predicted molar refractivity (Wildman–Crippen MR) is 71.8 cm³/mol. The Labute approximate surface area is 192 Å². The molecule has 22 heavy (non-hydrogen) atoms. The molecule has 0 saturated carbocycles. The van der Waals surface area contributed by atoms with E-state index in [2.05, 4.69) is 27.2 Å². The zero-order valence-corrected chi connectivity index (χ0v) is 19.4. The zero-order chi connectivity index (χ0) is 15.1. The molecule has 0 radical (unpaired) electrons. The number of rotatable bonds is 10. The minimum Gasteiger partial charge on any atom is -0.550 e. The van der Waals surface area contributed by atoms with Gasteiger partial charge in [-0.05, 0) is 0 Å². The van der Waals surface area contributed by atoms with Crippen molar-refractivity contribution in [2.24, 2.45) is 5.92 Å². The van der Waals surface area contributed by atoms with Gasteiger partial charge in [-0.3, -0.25) is 0 Å². The first-order valence-corrected chi connectivity index (χ1v) is 7.11. The van der Waals surface area contributed by atoms with Crippen LogP contribution in [-0.2, 0) is 9.59 Å². The second kappa shape index (κ2) is 27.4. The molecule has 0 saturated heterocycles. The topological polar surface area (TPSA) is 80.3 Å². The summed E-state index contributed by atoms with van der Waals surface area (Å²) in [4.78, 5) is 18.6. The Morgan fingerprint density at radius 1 is 0.955 bits per heavy atom. The van der Waals surface area contributed by atoms with E-state index in [1.54, 1.807) is 0 Å². The molecule has 0 bridgehead atoms. The van der Waals surface area contributed by atoms with Crippen LogP contribution in [-0.4, -0.2) is 11.9 Å². The van der Waals surface area contributed by atoms with E-state index >= 15 is 0 Å². The molecule has 4 nitrogen and oxygen atoms in total. The molecule has 7 heteroatoms. The summed E-state index contributed by atoms with van der Waals surface area (Å²) in [5.74, 6) is -2.40. The molecule has 0 fully saturated rings. The van der Waals surface area contributed by atoms with Gasteiger partial charge in [-0.2, -0.15) is 12.8 Å². The van der Waals surface area contributed by atoms with Crippen LogP contribution >= 0.6 is 0 Å². The average Bonchev–Trinajstić information content (AvgIpc) is 2.26. The molecule has 0 heterocycles. The van der Waals surface area contributed by atoms with Crippen molar-refractivity contribution in [2.45, 2.75) is 72.1 Å². The molecular formula is C15H27LiNa2O4. The fraction of sp³-hybridized carbons (Fsp3) is 0.800. The van der Waals surface area contributed by atoms with Crippen LogP contribution in [0.1, 0.15) is 72.1 Å². The SMILES string of the molecule is CCCCCCC[CH-]CC(C)C.O=C([O-])CC(=O)[O-].[Li+].[Na+].[Na+]. The third-order valence-electron chi connectivity index (χ3n) is 2.44. The van der Waals surface area contributed by atoms with Gasteiger partial charge in [-0.15, -0.1) is 0 Å². The zero-order valence-electron chi connectivity index (χ0n) is 15.4. The number of aliphatic carboxylic acids is 2. The Kier molecular flexibility index (Phi) is 43.3. The van der Waals surface area contributed by atoms with E-state index in [1.807, 2.05) is 0 Å². The minimum absolute atomic E-state index is 0. The van der Waals surface area contributed by atoms with Crippen LogP contribution in [0, 0.1) is 12.3 Å². The molecule has 0 N–H and O–H groups in total. The van der Waals surface area contributed by atoms with Gasteiger partial charge in [0.25, 0.3) is 0 Å². The summed E-state index contributed by atoms with van der Waals surface area (Å²) < 4.78 is 0. The van der Waals surface area contributed by atoms with Crippen LogP contribution in [0.25, 0.3) is 0 Å². The maximum Gasteiger partial charge on any atom is 1.00 e. The van der Waals surface area contributed by atoms with Crippen molar-refractivity contribution in [2.75, 3.05) is 0 Å². The van der Waals surface area contributed by atoms with Gasteiger partial charge in [0.2, 0.25) is 0 Å². The minimum atomic E-state index is -1.63. The van der Waals surface area contributed by atoms with Crippen molar-refractivity contribution in [1.82, 2.24) is 0 Å². The Balaban J connectivity index is -0.0000000850. The van der Waals surface area contributed by atoms with E-state index in [9.17, 15) is 19.8 Å². The molecule has 0 rings (SSSR count). The van der Waals surface area contributed by atoms with Crippen molar-refractivity contribution < 1.29 is 97.8 Å². The summed E-state index contributed by atoms with van der Waals surface area (Å²) in [7, 11) is 0. The van der Waals surface area contributed by atoms with Crippen molar-refractivity contribution in [1.29, 1.82) is 0 Å². The first-order valence-electron chi connectivity index (χ1n) is 7.11. The van der Waals surface area contributed by atoms with Gasteiger partial charge in [0.1, 0.15) is 0 Å². The third-order valence-corrected chi connectivity index (χ3v) is 2.44. The normalized spacial score (nSPS) is 8.55. The van der Waals surface area contributed by atoms with Crippen LogP contribution in [0.2, 0.25) is 0 Å². The van der Waals surface area contributed by atoms with Crippen molar-refractivity contribution in [3.63, 3.8) is 0 Å². The molecule has 0 aliphatic rings. The molecule has 0 aromatic heterocycles. The first kappa shape index (κ1) is 34.8. The van der Waals surface area contributed by atoms with Gasteiger partial charge >= 0.3 is 78.0 Å². The summed E-state index contributed by atoms with van der Waals surface area (Å²) >= 11 is 0. The molecule has 0 aliphatic carbocycles. The summed E-state index contributed by atoms with van der Waals surface area (Å²) in [6, 6.07) is 0. The third kappa shape index (κ3) is 43.0. The quantitative estimate of drug-likeness (QED) is 0.173. The fourth-order valence-corrected chi connectivity index (χ4v) is 1.46. The summed E-state index contributed by atoms with van der Waals surface area (Å²) in [5.41, 5.74) is 0. The van der Waals surface area contributed by atoms with Gasteiger partial charge in [-0.25, -0.2) is 0 Å². The number of carboxylic acids is 2. The summed E-state index contributed by atoms with van der Waals surface area (Å²) in [5, 5.41) is 18.6. The number of hydrogen-bond acceptors (Lipinski definition) is 4. The van der Waals surface area contributed by atoms with E-state index in [0.29, 0.717) is 0 Å². The Morgan fingerprint density at radius 2 is 1.41 bits per heavy atom. The maximum atomic E-state index is 9.28. The molecule has 0 aromatic carbocycles. The number of carboxylic acid groups (broad SMARTS) is 2. The van der Waals surface area contributed by atoms with Crippen LogP contribution < -0.4 is 88.2 Å². The van der Waals surface area contributed by atoms with Crippen LogP contribution in [0.3, 0.4) is 0 Å². The number of carbonyl (C=O) groups excluding carboxylic acids is 2. The van der Waals surface area contributed by atoms with Crippen LogP contribution in [0.15, 0.2) is 0 Å². The molecule has 0 unspecified atom stereocenters. The predicted octanol–water partition coefficient (Wildman–Crippen LogP) is -7.51. The largest absolute Gasteiger partial charge is 1.00 e. The first-order chi connectivity index (χ1) is 8.90. The maximum absolute atomic E-state index is 9.28. The molecule has 0 amide bonds. The van der Waals surface area contributed by atoms with Gasteiger partial charge in [0.15, 0.2) is 0 Å². The molecular weight excluding hydrogens is 297 g/mol. The number of hydrogen-bond donors (Lipinski definition) is 0. The Morgan fingerprint density at radius 3 is 1.73 bits per heavy atom. The van der Waals surface area contributed by atoms with Gasteiger partial charge < -0.3 is 26.2 Å². The molecule has 0 atom stereocenters. The molecule has 114 valence electrons. The van der Waals surface area contributed by atoms with E-state index < -0.39 is 18.4 Å². The van der Waals surface area contributed by atoms with Crippen molar-refractivity contribution in [3.8, 4) is 0 Å². The molecule has 0 aromatic rings. The summed E-state index contributed by atoms with van der Waals surface area (Å²) in [6.07, 6.45) is 11.1. The second-order valence-electron chi connectivity index (χ2n) is 5.04. The van der Waals surface area contributed by atoms with Crippen LogP contribution in [0.4, 0.5) is 0 Å².